The van der Waals surface area contributed by atoms with E-state index in [1.807, 2.05) is 6.92 Å². The first-order valence-corrected chi connectivity index (χ1v) is 7.13. The third-order valence-electron chi connectivity index (χ3n) is 3.00. The predicted molar refractivity (Wildman–Crippen MR) is 84.7 cm³/mol. The van der Waals surface area contributed by atoms with Crippen molar-refractivity contribution in [2.75, 3.05) is 12.3 Å². The average molecular weight is 335 g/mol. The lowest BCUT2D eigenvalue weighted by molar-refractivity contribution is -0.124. The van der Waals surface area contributed by atoms with Gasteiger partial charge in [0.2, 0.25) is 0 Å². The number of nitrogens with two attached hydrogens (primary N) is 1. The van der Waals surface area contributed by atoms with Gasteiger partial charge in [0.05, 0.1) is 6.04 Å². The molecule has 0 aliphatic rings. The topological polar surface area (TPSA) is 107 Å². The summed E-state index contributed by atoms with van der Waals surface area (Å²) in [6.07, 6.45) is 2.67. The molecule has 2 rings (SSSR count). The van der Waals surface area contributed by atoms with Crippen LogP contribution >= 0.6 is 11.6 Å². The second kappa shape index (κ2) is 7.55. The lowest BCUT2D eigenvalue weighted by Crippen LogP contribution is -2.31. The Hall–Kier alpha value is -2.67. The Labute approximate surface area is 137 Å². The van der Waals surface area contributed by atoms with Gasteiger partial charge >= 0.3 is 5.97 Å². The molecule has 7 nitrogen and oxygen atoms in total. The fourth-order valence-electron chi connectivity index (χ4n) is 1.82. The SMILES string of the molecule is C[C@H](NC(=O)COC(=O)c1nccnc1N)c1ccc(Cl)cc1. The van der Waals surface area contributed by atoms with Gasteiger partial charge in [0.15, 0.2) is 18.1 Å². The van der Waals surface area contributed by atoms with Crippen molar-refractivity contribution in [1.29, 1.82) is 0 Å². The van der Waals surface area contributed by atoms with Gasteiger partial charge in [0, 0.05) is 17.4 Å². The zero-order valence-electron chi connectivity index (χ0n) is 12.3. The monoisotopic (exact) mass is 334 g/mol. The minimum absolute atomic E-state index is 0.0487. The molecule has 0 saturated carbocycles. The summed E-state index contributed by atoms with van der Waals surface area (Å²) < 4.78 is 4.87. The lowest BCUT2D eigenvalue weighted by atomic mass is 10.1. The van der Waals surface area contributed by atoms with Crippen LogP contribution in [0.3, 0.4) is 0 Å². The Morgan fingerprint density at radius 1 is 1.26 bits per heavy atom. The van der Waals surface area contributed by atoms with E-state index in [-0.39, 0.29) is 17.6 Å². The number of benzene rings is 1. The smallest absolute Gasteiger partial charge is 0.361 e. The van der Waals surface area contributed by atoms with Crippen LogP contribution in [0, 0.1) is 0 Å². The number of hydrogen-bond donors (Lipinski definition) is 2. The Bertz CT molecular complexity index is 706. The zero-order valence-corrected chi connectivity index (χ0v) is 13.1. The van der Waals surface area contributed by atoms with Crippen molar-refractivity contribution in [3.05, 3.63) is 52.9 Å². The third-order valence-corrected chi connectivity index (χ3v) is 3.25. The second-order valence-electron chi connectivity index (χ2n) is 4.71. The highest BCUT2D eigenvalue weighted by Crippen LogP contribution is 2.15. The predicted octanol–water partition coefficient (Wildman–Crippen LogP) is 1.75. The van der Waals surface area contributed by atoms with E-state index in [4.69, 9.17) is 22.1 Å². The van der Waals surface area contributed by atoms with Crippen LogP contribution in [0.2, 0.25) is 5.02 Å². The maximum Gasteiger partial charge on any atom is 0.361 e. The number of anilines is 1. The molecule has 0 spiro atoms. The zero-order chi connectivity index (χ0) is 16.8. The highest BCUT2D eigenvalue weighted by molar-refractivity contribution is 6.30. The first-order valence-electron chi connectivity index (χ1n) is 6.76. The van der Waals surface area contributed by atoms with Crippen LogP contribution in [0.1, 0.15) is 29.0 Å². The Morgan fingerprint density at radius 3 is 2.57 bits per heavy atom. The van der Waals surface area contributed by atoms with Crippen LogP contribution in [-0.2, 0) is 9.53 Å². The molecule has 23 heavy (non-hydrogen) atoms. The van der Waals surface area contributed by atoms with E-state index < -0.39 is 18.5 Å². The molecule has 1 aromatic carbocycles. The number of halogens is 1. The molecule has 0 unspecified atom stereocenters. The molecule has 1 amide bonds. The van der Waals surface area contributed by atoms with E-state index in [1.54, 1.807) is 24.3 Å². The third kappa shape index (κ3) is 4.65. The number of ether oxygens (including phenoxy) is 1. The number of carbonyl (C=O) groups excluding carboxylic acids is 2. The first-order chi connectivity index (χ1) is 11.0. The van der Waals surface area contributed by atoms with Gasteiger partial charge < -0.3 is 15.8 Å². The van der Waals surface area contributed by atoms with Crippen LogP contribution in [0.25, 0.3) is 0 Å². The number of amides is 1. The van der Waals surface area contributed by atoms with E-state index in [2.05, 4.69) is 15.3 Å². The number of aromatic nitrogens is 2. The fraction of sp³-hybridized carbons (Fsp3) is 0.200. The van der Waals surface area contributed by atoms with E-state index in [0.29, 0.717) is 5.02 Å². The summed E-state index contributed by atoms with van der Waals surface area (Å²) >= 11 is 5.81. The minimum Gasteiger partial charge on any atom is -0.451 e. The summed E-state index contributed by atoms with van der Waals surface area (Å²) in [6, 6.07) is 6.83. The molecular weight excluding hydrogens is 320 g/mol. The van der Waals surface area contributed by atoms with Gasteiger partial charge in [0.1, 0.15) is 0 Å². The normalized spacial score (nSPS) is 11.6. The van der Waals surface area contributed by atoms with Crippen molar-refractivity contribution in [2.24, 2.45) is 0 Å². The summed E-state index contributed by atoms with van der Waals surface area (Å²) in [5.41, 5.74) is 6.27. The lowest BCUT2D eigenvalue weighted by Gasteiger charge is -2.14. The molecule has 1 aromatic heterocycles. The molecule has 0 aliphatic heterocycles. The second-order valence-corrected chi connectivity index (χ2v) is 5.14. The number of nitrogens with zero attached hydrogens (tertiary/aromatic N) is 2. The van der Waals surface area contributed by atoms with Crippen LogP contribution in [-0.4, -0.2) is 28.5 Å². The molecule has 120 valence electrons. The number of hydrogen-bond acceptors (Lipinski definition) is 6. The van der Waals surface area contributed by atoms with Crippen molar-refractivity contribution in [3.63, 3.8) is 0 Å². The average Bonchev–Trinajstić information content (AvgIpc) is 2.53. The fourth-order valence-corrected chi connectivity index (χ4v) is 1.95. The largest absolute Gasteiger partial charge is 0.451 e. The van der Waals surface area contributed by atoms with Crippen molar-refractivity contribution < 1.29 is 14.3 Å². The number of carbonyl (C=O) groups is 2. The van der Waals surface area contributed by atoms with Crippen LogP contribution in [0.15, 0.2) is 36.7 Å². The highest BCUT2D eigenvalue weighted by atomic mass is 35.5. The van der Waals surface area contributed by atoms with E-state index in [0.717, 1.165) is 5.56 Å². The number of rotatable bonds is 5. The van der Waals surface area contributed by atoms with Crippen molar-refractivity contribution in [3.8, 4) is 0 Å². The van der Waals surface area contributed by atoms with E-state index >= 15 is 0 Å². The Kier molecular flexibility index (Phi) is 5.48. The van der Waals surface area contributed by atoms with Crippen molar-refractivity contribution in [1.82, 2.24) is 15.3 Å². The molecule has 8 heteroatoms. The molecule has 1 atom stereocenters. The summed E-state index contributed by atoms with van der Waals surface area (Å²) in [7, 11) is 0. The molecule has 0 saturated heterocycles. The van der Waals surface area contributed by atoms with Crippen LogP contribution < -0.4 is 11.1 Å². The molecule has 2 aromatic rings. The Morgan fingerprint density at radius 2 is 1.91 bits per heavy atom. The highest BCUT2D eigenvalue weighted by Gasteiger charge is 2.16. The van der Waals surface area contributed by atoms with Gasteiger partial charge in [-0.3, -0.25) is 4.79 Å². The van der Waals surface area contributed by atoms with Crippen molar-refractivity contribution >= 4 is 29.3 Å². The van der Waals surface area contributed by atoms with Crippen LogP contribution in [0.5, 0.6) is 0 Å². The quantitative estimate of drug-likeness (QED) is 0.806. The number of nitrogen functional groups attached to an aromatic ring is 1. The van der Waals surface area contributed by atoms with Gasteiger partial charge in [-0.25, -0.2) is 14.8 Å². The summed E-state index contributed by atoms with van der Waals surface area (Å²) in [5, 5.41) is 3.32. The Balaban J connectivity index is 1.86. The molecular formula is C15H15ClN4O3. The molecule has 0 bridgehead atoms. The van der Waals surface area contributed by atoms with Gasteiger partial charge in [-0.05, 0) is 24.6 Å². The van der Waals surface area contributed by atoms with E-state index in [9.17, 15) is 9.59 Å². The van der Waals surface area contributed by atoms with Crippen molar-refractivity contribution in [2.45, 2.75) is 13.0 Å². The standard InChI is InChI=1S/C15H15ClN4O3/c1-9(10-2-4-11(16)5-3-10)20-12(21)8-23-15(22)13-14(17)19-7-6-18-13/h2-7,9H,8H2,1H3,(H2,17,19)(H,20,21)/t9-/m0/s1. The molecule has 3 N–H and O–H groups in total. The van der Waals surface area contributed by atoms with Gasteiger partial charge in [-0.2, -0.15) is 0 Å². The summed E-state index contributed by atoms with van der Waals surface area (Å²) in [6.45, 7) is 1.37. The van der Waals surface area contributed by atoms with E-state index in [1.165, 1.54) is 12.4 Å². The van der Waals surface area contributed by atoms with Gasteiger partial charge in [0.25, 0.3) is 5.91 Å². The maximum absolute atomic E-state index is 11.8. The van der Waals surface area contributed by atoms with Gasteiger partial charge in [-0.15, -0.1) is 0 Å². The molecule has 0 fully saturated rings. The summed E-state index contributed by atoms with van der Waals surface area (Å²) in [4.78, 5) is 31.1. The molecule has 1 heterocycles. The van der Waals surface area contributed by atoms with Crippen LogP contribution in [0.4, 0.5) is 5.82 Å². The minimum atomic E-state index is -0.801. The molecule has 0 radical (unpaired) electrons. The van der Waals surface area contributed by atoms with Gasteiger partial charge in [-0.1, -0.05) is 23.7 Å². The summed E-state index contributed by atoms with van der Waals surface area (Å²) in [5.74, 6) is -1.29. The number of esters is 1. The maximum atomic E-state index is 11.8. The number of nitrogens with one attached hydrogen (secondary N) is 1. The molecule has 0 aliphatic carbocycles. The first kappa shape index (κ1) is 16.7.